The van der Waals surface area contributed by atoms with E-state index in [1.165, 1.54) is 44.9 Å². The van der Waals surface area contributed by atoms with E-state index in [4.69, 9.17) is 16.6 Å². The monoisotopic (exact) mass is 441 g/mol. The van der Waals surface area contributed by atoms with E-state index in [1.807, 2.05) is 36.0 Å². The Morgan fingerprint density at radius 2 is 1.76 bits per heavy atom. The molecule has 29 heavy (non-hydrogen) atoms. The molecule has 3 atom stereocenters. The van der Waals surface area contributed by atoms with Gasteiger partial charge in [0.2, 0.25) is 0 Å². The van der Waals surface area contributed by atoms with Crippen molar-refractivity contribution in [2.45, 2.75) is 55.1 Å². The van der Waals surface area contributed by atoms with Crippen molar-refractivity contribution < 1.29 is 0 Å². The van der Waals surface area contributed by atoms with Crippen LogP contribution in [-0.2, 0) is 0 Å². The van der Waals surface area contributed by atoms with Crippen LogP contribution in [0.25, 0.3) is 0 Å². The molecule has 0 amide bonds. The molecule has 0 aliphatic heterocycles. The normalized spacial score (nSPS) is 25.1. The van der Waals surface area contributed by atoms with Gasteiger partial charge in [-0.15, -0.1) is 11.8 Å². The molecule has 2 aromatic rings. The van der Waals surface area contributed by atoms with Crippen molar-refractivity contribution in [3.05, 3.63) is 71.1 Å². The Morgan fingerprint density at radius 3 is 2.59 bits per heavy atom. The molecule has 2 aliphatic carbocycles. The van der Waals surface area contributed by atoms with Gasteiger partial charge in [0.15, 0.2) is 0 Å². The van der Waals surface area contributed by atoms with Gasteiger partial charge in [-0.05, 0) is 72.9 Å². The summed E-state index contributed by atoms with van der Waals surface area (Å²) in [6.45, 7) is 0. The summed E-state index contributed by atoms with van der Waals surface area (Å²) in [7, 11) is 0. The summed E-state index contributed by atoms with van der Waals surface area (Å²) in [5.41, 5.74) is 1.03. The number of nitrogens with zero attached hydrogens (tertiary/aromatic N) is 1. The Labute approximate surface area is 188 Å². The first kappa shape index (κ1) is 21.1. The SMILES string of the molecule is Clc1cccc(SC=CC(=Nc2ccccc2)SC2CCC3CCCCC3C2)c1. The van der Waals surface area contributed by atoms with E-state index in [0.29, 0.717) is 5.25 Å². The highest BCUT2D eigenvalue weighted by Gasteiger charge is 2.32. The second kappa shape index (κ2) is 10.7. The maximum Gasteiger partial charge on any atom is 0.0975 e. The van der Waals surface area contributed by atoms with E-state index in [2.05, 4.69) is 41.8 Å². The van der Waals surface area contributed by atoms with E-state index in [0.717, 1.165) is 32.5 Å². The molecule has 0 N–H and O–H groups in total. The summed E-state index contributed by atoms with van der Waals surface area (Å²) in [6.07, 6.45) is 12.0. The van der Waals surface area contributed by atoms with Gasteiger partial charge >= 0.3 is 0 Å². The molecule has 2 aliphatic rings. The molecule has 4 heteroatoms. The minimum absolute atomic E-state index is 0.692. The van der Waals surface area contributed by atoms with Crippen molar-refractivity contribution in [2.24, 2.45) is 16.8 Å². The lowest BCUT2D eigenvalue weighted by molar-refractivity contribution is 0.175. The largest absolute Gasteiger partial charge is 0.242 e. The van der Waals surface area contributed by atoms with E-state index in [9.17, 15) is 0 Å². The van der Waals surface area contributed by atoms with Gasteiger partial charge in [-0.3, -0.25) is 0 Å². The Morgan fingerprint density at radius 1 is 0.931 bits per heavy atom. The molecule has 0 bridgehead atoms. The van der Waals surface area contributed by atoms with Crippen LogP contribution in [-0.4, -0.2) is 10.3 Å². The minimum Gasteiger partial charge on any atom is -0.242 e. The van der Waals surface area contributed by atoms with Crippen molar-refractivity contribution in [3.8, 4) is 0 Å². The van der Waals surface area contributed by atoms with Crippen LogP contribution >= 0.6 is 35.1 Å². The molecular weight excluding hydrogens is 414 g/mol. The minimum atomic E-state index is 0.692. The molecule has 0 spiro atoms. The quantitative estimate of drug-likeness (QED) is 0.261. The number of aliphatic imine (C=N–C) groups is 1. The van der Waals surface area contributed by atoms with Crippen LogP contribution in [0.15, 0.2) is 76.0 Å². The summed E-state index contributed by atoms with van der Waals surface area (Å²) >= 11 is 9.79. The number of thioether (sulfide) groups is 2. The molecule has 2 fully saturated rings. The van der Waals surface area contributed by atoms with E-state index in [1.54, 1.807) is 11.8 Å². The molecule has 3 unspecified atom stereocenters. The molecular formula is C25H28ClNS2. The zero-order chi connectivity index (χ0) is 19.9. The van der Waals surface area contributed by atoms with Crippen LogP contribution in [0.4, 0.5) is 5.69 Å². The number of hydrogen-bond donors (Lipinski definition) is 0. The van der Waals surface area contributed by atoms with Gasteiger partial charge in [0.25, 0.3) is 0 Å². The van der Waals surface area contributed by atoms with Crippen molar-refractivity contribution in [1.29, 1.82) is 0 Å². The number of para-hydroxylation sites is 1. The fourth-order valence-corrected chi connectivity index (χ4v) is 6.84. The summed E-state index contributed by atoms with van der Waals surface area (Å²) in [5.74, 6) is 1.93. The Hall–Kier alpha value is -1.16. The van der Waals surface area contributed by atoms with Crippen LogP contribution < -0.4 is 0 Å². The number of fused-ring (bicyclic) bond motifs is 1. The summed E-state index contributed by atoms with van der Waals surface area (Å²) in [6, 6.07) is 18.3. The Bertz CT molecular complexity index is 849. The van der Waals surface area contributed by atoms with Gasteiger partial charge in [-0.25, -0.2) is 4.99 Å². The van der Waals surface area contributed by atoms with Crippen molar-refractivity contribution >= 4 is 45.9 Å². The van der Waals surface area contributed by atoms with Gasteiger partial charge in [-0.2, -0.15) is 0 Å². The van der Waals surface area contributed by atoms with E-state index in [-0.39, 0.29) is 0 Å². The maximum absolute atomic E-state index is 6.11. The number of rotatable bonds is 5. The van der Waals surface area contributed by atoms with Gasteiger partial charge in [0, 0.05) is 15.2 Å². The van der Waals surface area contributed by atoms with E-state index >= 15 is 0 Å². The molecule has 2 aromatic carbocycles. The smallest absolute Gasteiger partial charge is 0.0975 e. The lowest BCUT2D eigenvalue weighted by Crippen LogP contribution is -2.29. The number of benzene rings is 2. The predicted molar refractivity (Wildman–Crippen MR) is 131 cm³/mol. The predicted octanol–water partition coefficient (Wildman–Crippen LogP) is 8.77. The van der Waals surface area contributed by atoms with Crippen LogP contribution in [0.3, 0.4) is 0 Å². The molecule has 152 valence electrons. The third-order valence-corrected chi connectivity index (χ3v) is 8.25. The Balaban J connectivity index is 1.45. The lowest BCUT2D eigenvalue weighted by Gasteiger charge is -2.39. The van der Waals surface area contributed by atoms with Crippen LogP contribution in [0.1, 0.15) is 44.9 Å². The molecule has 2 saturated carbocycles. The average Bonchev–Trinajstić information content (AvgIpc) is 2.74. The first-order valence-electron chi connectivity index (χ1n) is 10.7. The number of halogens is 1. The molecule has 0 heterocycles. The summed E-state index contributed by atoms with van der Waals surface area (Å²) in [4.78, 5) is 6.11. The summed E-state index contributed by atoms with van der Waals surface area (Å²) < 4.78 is 0. The fraction of sp³-hybridized carbons (Fsp3) is 0.400. The molecule has 0 radical (unpaired) electrons. The molecule has 0 aromatic heterocycles. The number of hydrogen-bond acceptors (Lipinski definition) is 3. The molecule has 0 saturated heterocycles. The first-order valence-corrected chi connectivity index (χ1v) is 12.8. The second-order valence-electron chi connectivity index (χ2n) is 8.02. The van der Waals surface area contributed by atoms with Gasteiger partial charge in [0.1, 0.15) is 0 Å². The zero-order valence-electron chi connectivity index (χ0n) is 16.7. The van der Waals surface area contributed by atoms with Crippen molar-refractivity contribution in [3.63, 3.8) is 0 Å². The fourth-order valence-electron chi connectivity index (χ4n) is 4.55. The van der Waals surface area contributed by atoms with Crippen molar-refractivity contribution in [2.75, 3.05) is 0 Å². The molecule has 1 nitrogen and oxygen atoms in total. The van der Waals surface area contributed by atoms with Gasteiger partial charge < -0.3 is 0 Å². The third kappa shape index (κ3) is 6.41. The Kier molecular flexibility index (Phi) is 7.81. The first-order chi connectivity index (χ1) is 14.3. The van der Waals surface area contributed by atoms with E-state index < -0.39 is 0 Å². The molecule has 4 rings (SSSR count). The standard InChI is InChI=1S/C25H28ClNS2/c26-21-9-6-12-23(18-21)28-16-15-25(27-22-10-2-1-3-11-22)29-24-14-13-19-7-4-5-8-20(19)17-24/h1-3,6,9-12,15-16,18-20,24H,4-5,7-8,13-14,17H2. The third-order valence-electron chi connectivity index (χ3n) is 5.99. The van der Waals surface area contributed by atoms with Crippen LogP contribution in [0, 0.1) is 11.8 Å². The van der Waals surface area contributed by atoms with Crippen LogP contribution in [0.5, 0.6) is 0 Å². The van der Waals surface area contributed by atoms with Crippen molar-refractivity contribution in [1.82, 2.24) is 0 Å². The highest BCUT2D eigenvalue weighted by Crippen LogP contribution is 2.44. The second-order valence-corrected chi connectivity index (χ2v) is 10.8. The van der Waals surface area contributed by atoms with Crippen LogP contribution in [0.2, 0.25) is 5.02 Å². The zero-order valence-corrected chi connectivity index (χ0v) is 19.1. The topological polar surface area (TPSA) is 12.4 Å². The average molecular weight is 442 g/mol. The lowest BCUT2D eigenvalue weighted by atomic mass is 9.71. The highest BCUT2D eigenvalue weighted by molar-refractivity contribution is 8.15. The van der Waals surface area contributed by atoms with Gasteiger partial charge in [0.05, 0.1) is 10.7 Å². The maximum atomic E-state index is 6.11. The summed E-state index contributed by atoms with van der Waals surface area (Å²) in [5, 5.41) is 4.73. The van der Waals surface area contributed by atoms with Gasteiger partial charge in [-0.1, -0.05) is 73.3 Å². The highest BCUT2D eigenvalue weighted by atomic mass is 35.5.